The molecule has 0 radical (unpaired) electrons. The maximum atomic E-state index is 12.4. The summed E-state index contributed by atoms with van der Waals surface area (Å²) in [5, 5.41) is 9.04. The van der Waals surface area contributed by atoms with Crippen LogP contribution in [0.4, 0.5) is 5.69 Å². The van der Waals surface area contributed by atoms with Gasteiger partial charge in [0.1, 0.15) is 11.5 Å². The molecule has 1 aliphatic heterocycles. The SMILES string of the molecule is Cc1cc(C(=O)NNS(=O)(=O)c2ccc(N3CC(C(=O)O)CC3=O)cc2)c(C)o1. The monoisotopic (exact) mass is 421 g/mol. The van der Waals surface area contributed by atoms with Gasteiger partial charge in [-0.3, -0.25) is 19.8 Å². The van der Waals surface area contributed by atoms with E-state index in [1.165, 1.54) is 35.2 Å². The summed E-state index contributed by atoms with van der Waals surface area (Å²) in [6.45, 7) is 3.28. The highest BCUT2D eigenvalue weighted by atomic mass is 32.2. The Labute approximate surface area is 166 Å². The Morgan fingerprint density at radius 1 is 1.21 bits per heavy atom. The van der Waals surface area contributed by atoms with Crippen molar-refractivity contribution in [2.24, 2.45) is 5.92 Å². The van der Waals surface area contributed by atoms with E-state index >= 15 is 0 Å². The van der Waals surface area contributed by atoms with Crippen molar-refractivity contribution in [3.05, 3.63) is 47.4 Å². The van der Waals surface area contributed by atoms with Gasteiger partial charge in [0, 0.05) is 18.7 Å². The maximum Gasteiger partial charge on any atom is 0.308 e. The van der Waals surface area contributed by atoms with Crippen molar-refractivity contribution in [1.82, 2.24) is 10.3 Å². The van der Waals surface area contributed by atoms with Gasteiger partial charge in [-0.25, -0.2) is 8.42 Å². The number of anilines is 1. The molecule has 2 heterocycles. The number of aliphatic carboxylic acids is 1. The van der Waals surface area contributed by atoms with Gasteiger partial charge in [-0.2, -0.15) is 0 Å². The number of sulfonamides is 1. The van der Waals surface area contributed by atoms with Crippen molar-refractivity contribution in [2.75, 3.05) is 11.4 Å². The lowest BCUT2D eigenvalue weighted by Crippen LogP contribution is -2.41. The summed E-state index contributed by atoms with van der Waals surface area (Å²) in [6, 6.07) is 6.83. The minimum Gasteiger partial charge on any atom is -0.481 e. The Hall–Kier alpha value is -3.18. The van der Waals surface area contributed by atoms with E-state index in [0.29, 0.717) is 17.2 Å². The highest BCUT2D eigenvalue weighted by Crippen LogP contribution is 2.26. The quantitative estimate of drug-likeness (QED) is 0.589. The molecule has 0 saturated carbocycles. The third-order valence-corrected chi connectivity index (χ3v) is 5.78. The van der Waals surface area contributed by atoms with Gasteiger partial charge in [-0.15, -0.1) is 4.83 Å². The molecule has 1 aromatic carbocycles. The Balaban J connectivity index is 1.68. The van der Waals surface area contributed by atoms with Crippen molar-refractivity contribution in [2.45, 2.75) is 25.2 Å². The van der Waals surface area contributed by atoms with Gasteiger partial charge in [0.15, 0.2) is 0 Å². The molecule has 1 unspecified atom stereocenters. The van der Waals surface area contributed by atoms with Gasteiger partial charge in [-0.1, -0.05) is 0 Å². The lowest BCUT2D eigenvalue weighted by Gasteiger charge is -2.16. The first-order valence-electron chi connectivity index (χ1n) is 8.61. The molecule has 154 valence electrons. The summed E-state index contributed by atoms with van der Waals surface area (Å²) in [7, 11) is -4.06. The maximum absolute atomic E-state index is 12.4. The average molecular weight is 421 g/mol. The van der Waals surface area contributed by atoms with E-state index in [1.54, 1.807) is 13.8 Å². The number of rotatable bonds is 6. The first kappa shape index (κ1) is 20.6. The molecular weight excluding hydrogens is 402 g/mol. The molecule has 1 aliphatic rings. The van der Waals surface area contributed by atoms with Crippen LogP contribution < -0.4 is 15.2 Å². The summed E-state index contributed by atoms with van der Waals surface area (Å²) in [5.41, 5.74) is 2.72. The van der Waals surface area contributed by atoms with Crippen molar-refractivity contribution >= 4 is 33.5 Å². The zero-order valence-electron chi connectivity index (χ0n) is 15.6. The number of nitrogens with one attached hydrogen (secondary N) is 2. The Bertz CT molecular complexity index is 1070. The van der Waals surface area contributed by atoms with Gasteiger partial charge in [0.25, 0.3) is 15.9 Å². The van der Waals surface area contributed by atoms with Crippen LogP contribution in [0.25, 0.3) is 0 Å². The van der Waals surface area contributed by atoms with Gasteiger partial charge in [0.2, 0.25) is 5.91 Å². The minimum absolute atomic E-state index is 0.0258. The second kappa shape index (κ2) is 7.68. The largest absolute Gasteiger partial charge is 0.481 e. The minimum atomic E-state index is -4.06. The lowest BCUT2D eigenvalue weighted by molar-refractivity contribution is -0.141. The molecule has 3 N–H and O–H groups in total. The summed E-state index contributed by atoms with van der Waals surface area (Å²) in [4.78, 5) is 38.3. The number of hydrogen-bond acceptors (Lipinski definition) is 6. The van der Waals surface area contributed by atoms with Crippen molar-refractivity contribution in [3.63, 3.8) is 0 Å². The molecule has 1 fully saturated rings. The van der Waals surface area contributed by atoms with Crippen LogP contribution in [0.5, 0.6) is 0 Å². The van der Waals surface area contributed by atoms with Gasteiger partial charge in [0.05, 0.1) is 16.4 Å². The predicted molar refractivity (Wildman–Crippen MR) is 101 cm³/mol. The van der Waals surface area contributed by atoms with E-state index < -0.39 is 27.8 Å². The van der Waals surface area contributed by atoms with Crippen LogP contribution >= 0.6 is 0 Å². The number of aryl methyl sites for hydroxylation is 2. The van der Waals surface area contributed by atoms with Crippen molar-refractivity contribution in [3.8, 4) is 0 Å². The standard InChI is InChI=1S/C18H19N3O7S/c1-10-7-15(11(2)28-10)17(23)19-20-29(26,27)14-5-3-13(4-6-14)21-9-12(18(24)25)8-16(21)22/h3-7,12,20H,8-9H2,1-2H3,(H,19,23)(H,24,25). The number of carboxylic acid groups (broad SMARTS) is 1. The Morgan fingerprint density at radius 3 is 2.38 bits per heavy atom. The molecule has 0 spiro atoms. The fraction of sp³-hybridized carbons (Fsp3) is 0.278. The van der Waals surface area contributed by atoms with Crippen LogP contribution in [0.2, 0.25) is 0 Å². The summed E-state index contributed by atoms with van der Waals surface area (Å²) < 4.78 is 30.0. The predicted octanol–water partition coefficient (Wildman–Crippen LogP) is 0.957. The Kier molecular flexibility index (Phi) is 5.44. The third kappa shape index (κ3) is 4.30. The zero-order chi connectivity index (χ0) is 21.3. The van der Waals surface area contributed by atoms with Crippen LogP contribution in [-0.2, 0) is 19.6 Å². The number of furan rings is 1. The molecule has 0 bridgehead atoms. The van der Waals surface area contributed by atoms with Crippen molar-refractivity contribution < 1.29 is 32.3 Å². The van der Waals surface area contributed by atoms with Crippen LogP contribution in [0.1, 0.15) is 28.3 Å². The molecular formula is C18H19N3O7S. The molecule has 29 heavy (non-hydrogen) atoms. The van der Waals surface area contributed by atoms with Crippen molar-refractivity contribution in [1.29, 1.82) is 0 Å². The van der Waals surface area contributed by atoms with Gasteiger partial charge < -0.3 is 14.4 Å². The topological polar surface area (TPSA) is 146 Å². The first-order chi connectivity index (χ1) is 13.6. The number of amides is 2. The summed E-state index contributed by atoms with van der Waals surface area (Å²) in [5.74, 6) is -1.97. The number of hydrazine groups is 1. The van der Waals surface area contributed by atoms with E-state index in [0.717, 1.165) is 0 Å². The van der Waals surface area contributed by atoms with E-state index in [-0.39, 0.29) is 29.3 Å². The van der Waals surface area contributed by atoms with Crippen LogP contribution in [0.3, 0.4) is 0 Å². The molecule has 2 aromatic rings. The smallest absolute Gasteiger partial charge is 0.308 e. The normalized spacial score (nSPS) is 16.8. The van der Waals surface area contributed by atoms with Crippen LogP contribution in [0.15, 0.2) is 39.6 Å². The highest BCUT2D eigenvalue weighted by Gasteiger charge is 2.35. The van der Waals surface area contributed by atoms with E-state index in [1.807, 2.05) is 4.83 Å². The van der Waals surface area contributed by atoms with E-state index in [2.05, 4.69) is 5.43 Å². The van der Waals surface area contributed by atoms with E-state index in [9.17, 15) is 22.8 Å². The molecule has 1 saturated heterocycles. The third-order valence-electron chi connectivity index (χ3n) is 4.52. The van der Waals surface area contributed by atoms with Gasteiger partial charge >= 0.3 is 5.97 Å². The van der Waals surface area contributed by atoms with E-state index in [4.69, 9.17) is 9.52 Å². The summed E-state index contributed by atoms with van der Waals surface area (Å²) in [6.07, 6.45) is -0.101. The molecule has 0 aliphatic carbocycles. The molecule has 3 rings (SSSR count). The second-order valence-corrected chi connectivity index (χ2v) is 8.31. The number of nitrogens with zero attached hydrogens (tertiary/aromatic N) is 1. The van der Waals surface area contributed by atoms with Gasteiger partial charge in [-0.05, 0) is 44.2 Å². The molecule has 11 heteroatoms. The highest BCUT2D eigenvalue weighted by molar-refractivity contribution is 7.89. The average Bonchev–Trinajstić information content (AvgIpc) is 3.22. The fourth-order valence-corrected chi connectivity index (χ4v) is 3.86. The first-order valence-corrected chi connectivity index (χ1v) is 10.1. The van der Waals surface area contributed by atoms with Crippen LogP contribution in [0, 0.1) is 19.8 Å². The second-order valence-electron chi connectivity index (χ2n) is 6.62. The van der Waals surface area contributed by atoms with Crippen LogP contribution in [-0.4, -0.2) is 37.9 Å². The number of benzene rings is 1. The molecule has 1 atom stereocenters. The number of carbonyl (C=O) groups is 3. The number of carbonyl (C=O) groups excluding carboxylic acids is 2. The summed E-state index contributed by atoms with van der Waals surface area (Å²) >= 11 is 0. The Morgan fingerprint density at radius 2 is 1.86 bits per heavy atom. The number of carboxylic acids is 1. The lowest BCUT2D eigenvalue weighted by atomic mass is 10.1. The zero-order valence-corrected chi connectivity index (χ0v) is 16.4. The molecule has 10 nitrogen and oxygen atoms in total. The molecule has 2 amide bonds. The molecule has 1 aromatic heterocycles. The fourth-order valence-electron chi connectivity index (χ4n) is 3.02. The number of hydrogen-bond donors (Lipinski definition) is 3.